The van der Waals surface area contributed by atoms with Gasteiger partial charge in [0.15, 0.2) is 43.4 Å². The van der Waals surface area contributed by atoms with Crippen molar-refractivity contribution in [3.63, 3.8) is 0 Å². The van der Waals surface area contributed by atoms with Crippen molar-refractivity contribution in [3.8, 4) is 96.1 Å². The average Bonchev–Trinajstić information content (AvgIpc) is 1.57. The molecule has 9 heterocycles. The maximum absolute atomic E-state index is 4.43. The number of benzene rings is 8. The zero-order chi connectivity index (χ0) is 90.1. The number of rotatable bonds is 9. The lowest BCUT2D eigenvalue weighted by molar-refractivity contribution is -0.661. The van der Waals surface area contributed by atoms with Crippen LogP contribution in [0.5, 0.6) is 0 Å². The Labute approximate surface area is 746 Å². The number of nitrogens with zero attached hydrogens (tertiary/aromatic N) is 11. The minimum atomic E-state index is 0.950. The van der Waals surface area contributed by atoms with Crippen molar-refractivity contribution in [2.24, 2.45) is 63.4 Å². The molecule has 0 bridgehead atoms. The molecule has 0 fully saturated rings. The van der Waals surface area contributed by atoms with E-state index >= 15 is 0 Å². The van der Waals surface area contributed by atoms with Crippen LogP contribution in [0.4, 0.5) is 0 Å². The molecule has 0 atom stereocenters. The van der Waals surface area contributed by atoms with Gasteiger partial charge in [0.2, 0.25) is 45.7 Å². The second-order valence-electron chi connectivity index (χ2n) is 33.1. The third-order valence-electron chi connectivity index (χ3n) is 23.1. The normalized spacial score (nSPS) is 10.4. The first-order valence-corrected chi connectivity index (χ1v) is 43.2. The number of hydrogen-bond donors (Lipinski definition) is 0. The lowest BCUT2D eigenvalue weighted by Crippen LogP contribution is -2.32. The summed E-state index contributed by atoms with van der Waals surface area (Å²) in [6.45, 7) is 34.4. The smallest absolute Gasteiger partial charge is 0.328 e. The molecule has 0 aliphatic heterocycles. The second kappa shape index (κ2) is 44.3. The molecule has 17 rings (SSSR count). The summed E-state index contributed by atoms with van der Waals surface area (Å²) in [6, 6.07) is 95.6. The van der Waals surface area contributed by atoms with Gasteiger partial charge in [-0.1, -0.05) is 146 Å². The SMILES string of the molecule is Cc1cc(-c2ccccc2C)[n+](C)cc1C.Cc1cc(C)c(-c2ccccc2C)[n+](C)c1.Cc1cc[n+](C)c(-c2ccccc2C)c1.Cc1ccc(-c2ccccc2C)[n+](C)c1.Cc1ccccc1-c1c(C)c(C)cc[n+]1C.Cc1ccccc1-c1c(C)ccc[n+]1C.Cc1ccccc1-c1cccc[n+]1C.Cn1ccnc1-c1n(-c2ccccc2)cc[n+]1C. The number of pyridine rings is 7. The summed E-state index contributed by atoms with van der Waals surface area (Å²) in [5, 5.41) is 0. The Kier molecular flexibility index (Phi) is 33.2. The molecule has 8 aromatic carbocycles. The molecule has 0 aliphatic carbocycles. The first-order valence-electron chi connectivity index (χ1n) is 43.2. The molecule has 0 unspecified atom stereocenters. The average molecular weight is 1660 g/mol. The Balaban J connectivity index is 0.000000149. The molecule has 0 radical (unpaired) electrons. The molecule has 0 spiro atoms. The van der Waals surface area contributed by atoms with E-state index in [1.807, 2.05) is 61.5 Å². The summed E-state index contributed by atoms with van der Waals surface area (Å²) in [6.07, 6.45) is 22.8. The van der Waals surface area contributed by atoms with Crippen molar-refractivity contribution in [2.45, 2.75) is 111 Å². The van der Waals surface area contributed by atoms with E-state index in [4.69, 9.17) is 0 Å². The van der Waals surface area contributed by atoms with E-state index in [2.05, 4.69) is 504 Å². The highest BCUT2D eigenvalue weighted by molar-refractivity contribution is 5.68. The minimum absolute atomic E-state index is 0.950. The van der Waals surface area contributed by atoms with Crippen LogP contribution in [0.15, 0.2) is 341 Å². The van der Waals surface area contributed by atoms with Crippen molar-refractivity contribution in [1.29, 1.82) is 0 Å². The van der Waals surface area contributed by atoms with Crippen molar-refractivity contribution in [1.82, 2.24) is 14.1 Å². The zero-order valence-corrected chi connectivity index (χ0v) is 78.8. The number of para-hydroxylation sites is 1. The quantitative estimate of drug-likeness (QED) is 0.133. The molecule has 11 nitrogen and oxygen atoms in total. The van der Waals surface area contributed by atoms with Crippen molar-refractivity contribution in [2.75, 3.05) is 0 Å². The van der Waals surface area contributed by atoms with Crippen molar-refractivity contribution in [3.05, 3.63) is 430 Å². The predicted octanol–water partition coefficient (Wildman–Crippen LogP) is 21.9. The topological polar surface area (TPSA) is 53.8 Å². The van der Waals surface area contributed by atoms with E-state index in [0.717, 1.165) is 17.3 Å². The number of aromatic nitrogens is 11. The highest BCUT2D eigenvalue weighted by atomic mass is 15.2. The molecule has 0 saturated carbocycles. The van der Waals surface area contributed by atoms with Gasteiger partial charge in [-0.2, -0.15) is 4.57 Å². The molecule has 0 amide bonds. The second-order valence-corrected chi connectivity index (χ2v) is 33.1. The summed E-state index contributed by atoms with van der Waals surface area (Å²) >= 11 is 0. The van der Waals surface area contributed by atoms with Crippen molar-refractivity contribution < 1.29 is 36.5 Å². The Morgan fingerprint density at radius 1 is 0.232 bits per heavy atom. The first kappa shape index (κ1) is 93.5. The van der Waals surface area contributed by atoms with Crippen LogP contribution < -0.4 is 36.5 Å². The molecule has 0 saturated heterocycles. The Hall–Kier alpha value is -13.8. The van der Waals surface area contributed by atoms with Gasteiger partial charge in [-0.3, -0.25) is 0 Å². The fourth-order valence-corrected chi connectivity index (χ4v) is 15.9. The molecule has 634 valence electrons. The highest BCUT2D eigenvalue weighted by Crippen LogP contribution is 2.29. The fraction of sp³-hybridized carbons (Fsp3) is 0.219. The van der Waals surface area contributed by atoms with Crippen LogP contribution >= 0.6 is 0 Å². The predicted molar refractivity (Wildman–Crippen MR) is 516 cm³/mol. The summed E-state index contributed by atoms with van der Waals surface area (Å²) in [5.74, 6) is 2.01. The Morgan fingerprint density at radius 3 is 1.10 bits per heavy atom. The minimum Gasteiger partial charge on any atom is -0.328 e. The lowest BCUT2D eigenvalue weighted by atomic mass is 9.99. The fourth-order valence-electron chi connectivity index (χ4n) is 15.9. The summed E-state index contributed by atoms with van der Waals surface area (Å²) < 4.78 is 21.5. The lowest BCUT2D eigenvalue weighted by Gasteiger charge is -2.08. The number of hydrogen-bond acceptors (Lipinski definition) is 1. The van der Waals surface area contributed by atoms with Crippen LogP contribution in [-0.4, -0.2) is 14.1 Å². The molecular weight excluding hydrogens is 1520 g/mol. The van der Waals surface area contributed by atoms with E-state index in [1.54, 1.807) is 0 Å². The molecule has 0 N–H and O–H groups in total. The van der Waals surface area contributed by atoms with E-state index in [9.17, 15) is 0 Å². The van der Waals surface area contributed by atoms with E-state index < -0.39 is 0 Å². The van der Waals surface area contributed by atoms with Gasteiger partial charge in [0.05, 0.1) is 7.05 Å². The first-order chi connectivity index (χ1) is 59.9. The number of aryl methyl sites for hydroxylation is 24. The molecule has 125 heavy (non-hydrogen) atoms. The van der Waals surface area contributed by atoms with Crippen LogP contribution in [0.3, 0.4) is 0 Å². The van der Waals surface area contributed by atoms with Crippen LogP contribution in [0.1, 0.15) is 89.0 Å². The molecular formula is C114H131N11+8. The van der Waals surface area contributed by atoms with Crippen LogP contribution in [0, 0.1) is 111 Å². The van der Waals surface area contributed by atoms with E-state index in [1.165, 1.54) is 168 Å². The van der Waals surface area contributed by atoms with Gasteiger partial charge >= 0.3 is 5.82 Å². The van der Waals surface area contributed by atoms with Gasteiger partial charge in [-0.05, 0) is 245 Å². The molecule has 0 aliphatic rings. The summed E-state index contributed by atoms with van der Waals surface area (Å²) in [5.41, 5.74) is 40.5. The Bertz CT molecular complexity index is 6410. The van der Waals surface area contributed by atoms with Gasteiger partial charge in [0, 0.05) is 140 Å². The third-order valence-corrected chi connectivity index (χ3v) is 23.1. The van der Waals surface area contributed by atoms with Gasteiger partial charge in [-0.15, -0.1) is 0 Å². The van der Waals surface area contributed by atoms with Crippen molar-refractivity contribution >= 4 is 0 Å². The number of imidazole rings is 2. The van der Waals surface area contributed by atoms with E-state index in [0.29, 0.717) is 0 Å². The monoisotopic (exact) mass is 1650 g/mol. The molecule has 17 aromatic rings. The van der Waals surface area contributed by atoms with Gasteiger partial charge in [-0.25, -0.2) is 41.5 Å². The largest absolute Gasteiger partial charge is 0.330 e. The standard InChI is InChI=1S/3C15H18N.C14H15N4.3C14H16N.C13H14N/c1-11-9-13(3)15(16(4)10-11)14-8-6-5-7-12(14)2;1-11-7-5-6-8-14(11)15-9-12(2)13(3)10-16(15)4;1-11-9-10-16(4)15(13(11)3)14-8-6-5-7-12(14)2;1-16-9-8-15-13(16)14-17(2)10-11-18(14)12-6-4-3-5-7-12;1-11-7-4-5-9-13(11)14-12(2)8-6-10-15(14)3;1-11-8-9-15(3)14(10-11)13-7-5-4-6-12(13)2;1-11-8-9-14(15(3)10-11)13-7-5-4-6-12(13)2;1-11-7-3-4-8-12(11)13-9-5-6-10-14(13)2/h3*5-10H,1-4H3;3-11H,1-2H3;3*4-10H,1-3H3;3-10H,1-2H3/q8*+1. The highest BCUT2D eigenvalue weighted by Gasteiger charge is 2.24. The summed E-state index contributed by atoms with van der Waals surface area (Å²) in [7, 11) is 18.7. The maximum atomic E-state index is 4.43. The molecule has 9 aromatic heterocycles. The van der Waals surface area contributed by atoms with Crippen LogP contribution in [0.25, 0.3) is 96.1 Å². The van der Waals surface area contributed by atoms with Crippen LogP contribution in [-0.2, 0) is 63.4 Å². The molecule has 11 heteroatoms. The maximum Gasteiger partial charge on any atom is 0.330 e. The third kappa shape index (κ3) is 24.4. The van der Waals surface area contributed by atoms with Gasteiger partial charge in [0.1, 0.15) is 67.4 Å². The summed E-state index contributed by atoms with van der Waals surface area (Å²) in [4.78, 5) is 4.43. The van der Waals surface area contributed by atoms with Crippen LogP contribution in [0.2, 0.25) is 0 Å². The van der Waals surface area contributed by atoms with Gasteiger partial charge in [0.25, 0.3) is 0 Å². The Morgan fingerprint density at radius 2 is 0.632 bits per heavy atom. The van der Waals surface area contributed by atoms with Gasteiger partial charge < -0.3 is 4.57 Å². The van der Waals surface area contributed by atoms with E-state index in [-0.39, 0.29) is 0 Å². The zero-order valence-electron chi connectivity index (χ0n) is 78.8.